The van der Waals surface area contributed by atoms with Gasteiger partial charge in [-0.2, -0.15) is 0 Å². The molecule has 2 rings (SSSR count). The van der Waals surface area contributed by atoms with Gasteiger partial charge in [-0.15, -0.1) is 0 Å². The Morgan fingerprint density at radius 2 is 1.60 bits per heavy atom. The van der Waals surface area contributed by atoms with Crippen LogP contribution in [-0.2, 0) is 0 Å². The normalized spacial score (nSPS) is 14.1. The molecule has 0 aromatic heterocycles. The van der Waals surface area contributed by atoms with E-state index in [1.165, 1.54) is 18.2 Å². The topological polar surface area (TPSA) is 12.0 Å². The molecule has 2 aromatic rings. The van der Waals surface area contributed by atoms with E-state index in [1.807, 2.05) is 19.9 Å². The molecule has 0 heterocycles. The number of benzene rings is 2. The van der Waals surface area contributed by atoms with Crippen molar-refractivity contribution < 1.29 is 8.78 Å². The number of hydrogen-bond donors (Lipinski definition) is 1. The third-order valence-corrected chi connectivity index (χ3v) is 3.90. The van der Waals surface area contributed by atoms with E-state index in [2.05, 4.69) is 21.2 Å². The van der Waals surface area contributed by atoms with E-state index in [0.717, 1.165) is 11.1 Å². The lowest BCUT2D eigenvalue weighted by Crippen LogP contribution is -2.22. The van der Waals surface area contributed by atoms with Crippen molar-refractivity contribution in [2.45, 2.75) is 25.9 Å². The number of rotatable bonds is 4. The summed E-state index contributed by atoms with van der Waals surface area (Å²) in [4.78, 5) is 0. The molecular weight excluding hydrogens is 324 g/mol. The van der Waals surface area contributed by atoms with Crippen LogP contribution in [0.3, 0.4) is 0 Å². The Morgan fingerprint density at radius 1 is 0.950 bits per heavy atom. The van der Waals surface area contributed by atoms with E-state index >= 15 is 0 Å². The third-order valence-electron chi connectivity index (χ3n) is 3.29. The Balaban J connectivity index is 2.10. The van der Waals surface area contributed by atoms with Crippen LogP contribution in [0.15, 0.2) is 46.9 Å². The van der Waals surface area contributed by atoms with Gasteiger partial charge in [0.15, 0.2) is 0 Å². The highest BCUT2D eigenvalue weighted by Crippen LogP contribution is 2.24. The lowest BCUT2D eigenvalue weighted by Gasteiger charge is -2.21. The Labute approximate surface area is 126 Å². The zero-order valence-corrected chi connectivity index (χ0v) is 12.9. The Kier molecular flexibility index (Phi) is 4.89. The average molecular weight is 340 g/mol. The van der Waals surface area contributed by atoms with Gasteiger partial charge < -0.3 is 5.32 Å². The summed E-state index contributed by atoms with van der Waals surface area (Å²) in [6.07, 6.45) is 0. The molecular formula is C16H16BrF2N. The molecule has 4 heteroatoms. The van der Waals surface area contributed by atoms with Crippen molar-refractivity contribution in [1.82, 2.24) is 5.32 Å². The Morgan fingerprint density at radius 3 is 2.20 bits per heavy atom. The quantitative estimate of drug-likeness (QED) is 0.813. The fraction of sp³-hybridized carbons (Fsp3) is 0.250. The average Bonchev–Trinajstić information content (AvgIpc) is 2.41. The highest BCUT2D eigenvalue weighted by molar-refractivity contribution is 9.10. The summed E-state index contributed by atoms with van der Waals surface area (Å²) in [6.45, 7) is 3.97. The minimum Gasteiger partial charge on any atom is -0.304 e. The fourth-order valence-electron chi connectivity index (χ4n) is 2.13. The van der Waals surface area contributed by atoms with Crippen molar-refractivity contribution in [3.8, 4) is 0 Å². The first-order valence-electron chi connectivity index (χ1n) is 6.44. The largest absolute Gasteiger partial charge is 0.304 e. The smallest absolute Gasteiger partial charge is 0.137 e. The van der Waals surface area contributed by atoms with Crippen LogP contribution in [0, 0.1) is 11.6 Å². The van der Waals surface area contributed by atoms with Gasteiger partial charge in [-0.1, -0.05) is 18.2 Å². The predicted molar refractivity (Wildman–Crippen MR) is 80.5 cm³/mol. The van der Waals surface area contributed by atoms with Gasteiger partial charge in [0.2, 0.25) is 0 Å². The third kappa shape index (κ3) is 3.64. The van der Waals surface area contributed by atoms with Crippen LogP contribution in [-0.4, -0.2) is 0 Å². The van der Waals surface area contributed by atoms with Crippen molar-refractivity contribution in [1.29, 1.82) is 0 Å². The van der Waals surface area contributed by atoms with Crippen molar-refractivity contribution in [3.05, 3.63) is 69.7 Å². The molecule has 2 atom stereocenters. The zero-order chi connectivity index (χ0) is 14.7. The molecule has 106 valence electrons. The lowest BCUT2D eigenvalue weighted by molar-refractivity contribution is 0.491. The first kappa shape index (κ1) is 15.1. The molecule has 0 saturated heterocycles. The fourth-order valence-corrected chi connectivity index (χ4v) is 2.52. The molecule has 2 aromatic carbocycles. The Bertz CT molecular complexity index is 601. The summed E-state index contributed by atoms with van der Waals surface area (Å²) >= 11 is 3.18. The maximum Gasteiger partial charge on any atom is 0.137 e. The van der Waals surface area contributed by atoms with Crippen molar-refractivity contribution in [2.75, 3.05) is 0 Å². The first-order chi connectivity index (χ1) is 9.47. The van der Waals surface area contributed by atoms with Crippen LogP contribution >= 0.6 is 15.9 Å². The van der Waals surface area contributed by atoms with Crippen LogP contribution in [0.2, 0.25) is 0 Å². The molecule has 20 heavy (non-hydrogen) atoms. The van der Waals surface area contributed by atoms with E-state index in [1.54, 1.807) is 18.2 Å². The molecule has 0 aliphatic heterocycles. The second-order valence-corrected chi connectivity index (χ2v) is 5.69. The zero-order valence-electron chi connectivity index (χ0n) is 11.3. The Hall–Kier alpha value is -1.26. The molecule has 0 spiro atoms. The standard InChI is InChI=1S/C16H16BrF2N/c1-10(12-4-3-5-14(18)8-12)20-11(2)13-6-7-16(19)15(17)9-13/h3-11,20H,1-2H3/t10-,11?/m0/s1. The summed E-state index contributed by atoms with van der Waals surface area (Å²) in [7, 11) is 0. The van der Waals surface area contributed by atoms with Crippen LogP contribution < -0.4 is 5.32 Å². The van der Waals surface area contributed by atoms with Gasteiger partial charge in [0.1, 0.15) is 11.6 Å². The van der Waals surface area contributed by atoms with Gasteiger partial charge in [0, 0.05) is 12.1 Å². The van der Waals surface area contributed by atoms with E-state index in [4.69, 9.17) is 0 Å². The monoisotopic (exact) mass is 339 g/mol. The summed E-state index contributed by atoms with van der Waals surface area (Å²) < 4.78 is 26.9. The summed E-state index contributed by atoms with van der Waals surface area (Å²) in [6, 6.07) is 11.5. The molecule has 0 saturated carbocycles. The second kappa shape index (κ2) is 6.46. The van der Waals surface area contributed by atoms with Crippen LogP contribution in [0.1, 0.15) is 37.1 Å². The van der Waals surface area contributed by atoms with Gasteiger partial charge in [0.05, 0.1) is 4.47 Å². The highest BCUT2D eigenvalue weighted by Gasteiger charge is 2.12. The van der Waals surface area contributed by atoms with E-state index < -0.39 is 0 Å². The van der Waals surface area contributed by atoms with E-state index in [-0.39, 0.29) is 23.7 Å². The van der Waals surface area contributed by atoms with Gasteiger partial charge >= 0.3 is 0 Å². The maximum absolute atomic E-state index is 13.2. The predicted octanol–water partition coefficient (Wildman–Crippen LogP) is 5.14. The molecule has 0 radical (unpaired) electrons. The van der Waals surface area contributed by atoms with Crippen molar-refractivity contribution in [2.24, 2.45) is 0 Å². The number of nitrogens with one attached hydrogen (secondary N) is 1. The molecule has 1 nitrogen and oxygen atoms in total. The van der Waals surface area contributed by atoms with Crippen molar-refractivity contribution in [3.63, 3.8) is 0 Å². The molecule has 0 fully saturated rings. The van der Waals surface area contributed by atoms with Gasteiger partial charge in [0.25, 0.3) is 0 Å². The van der Waals surface area contributed by atoms with E-state index in [0.29, 0.717) is 4.47 Å². The maximum atomic E-state index is 13.2. The van der Waals surface area contributed by atoms with Gasteiger partial charge in [-0.05, 0) is 65.2 Å². The van der Waals surface area contributed by atoms with Gasteiger partial charge in [-0.3, -0.25) is 0 Å². The number of hydrogen-bond acceptors (Lipinski definition) is 1. The summed E-state index contributed by atoms with van der Waals surface area (Å²) in [5.74, 6) is -0.521. The second-order valence-electron chi connectivity index (χ2n) is 4.84. The molecule has 1 N–H and O–H groups in total. The highest BCUT2D eigenvalue weighted by atomic mass is 79.9. The van der Waals surface area contributed by atoms with Crippen molar-refractivity contribution >= 4 is 15.9 Å². The number of halogens is 3. The minimum absolute atomic E-state index is 0.00419. The molecule has 0 aliphatic carbocycles. The SMILES string of the molecule is CC(N[C@@H](C)c1cccc(F)c1)c1ccc(F)c(Br)c1. The first-order valence-corrected chi connectivity index (χ1v) is 7.23. The van der Waals surface area contributed by atoms with Crippen LogP contribution in [0.4, 0.5) is 8.78 Å². The minimum atomic E-state index is -0.279. The van der Waals surface area contributed by atoms with Gasteiger partial charge in [-0.25, -0.2) is 8.78 Å². The summed E-state index contributed by atoms with van der Waals surface area (Å²) in [5, 5.41) is 3.38. The summed E-state index contributed by atoms with van der Waals surface area (Å²) in [5.41, 5.74) is 1.86. The van der Waals surface area contributed by atoms with E-state index in [9.17, 15) is 8.78 Å². The molecule has 1 unspecified atom stereocenters. The van der Waals surface area contributed by atoms with Crippen LogP contribution in [0.25, 0.3) is 0 Å². The molecule has 0 bridgehead atoms. The lowest BCUT2D eigenvalue weighted by atomic mass is 10.0. The molecule has 0 amide bonds. The molecule has 0 aliphatic rings. The van der Waals surface area contributed by atoms with Crippen LogP contribution in [0.5, 0.6) is 0 Å².